The number of alkyl halides is 1. The minimum Gasteiger partial charge on any atom is -0.352 e. The van der Waals surface area contributed by atoms with E-state index in [9.17, 15) is 9.18 Å². The van der Waals surface area contributed by atoms with E-state index >= 15 is 0 Å². The maximum absolute atomic E-state index is 12.6. The molecule has 1 unspecified atom stereocenters. The van der Waals surface area contributed by atoms with Crippen LogP contribution in [0.4, 0.5) is 4.39 Å². The minimum atomic E-state index is -0.249. The molecule has 0 aromatic rings. The van der Waals surface area contributed by atoms with Crippen LogP contribution >= 0.6 is 0 Å². The quantitative estimate of drug-likeness (QED) is 0.835. The van der Waals surface area contributed by atoms with Crippen molar-refractivity contribution in [1.82, 2.24) is 10.2 Å². The van der Waals surface area contributed by atoms with Gasteiger partial charge in [0, 0.05) is 18.5 Å². The van der Waals surface area contributed by atoms with Crippen LogP contribution in [0.3, 0.4) is 0 Å². The molecule has 0 spiro atoms. The molecule has 2 fully saturated rings. The topological polar surface area (TPSA) is 32.3 Å². The second kappa shape index (κ2) is 7.07. The summed E-state index contributed by atoms with van der Waals surface area (Å²) in [5, 5.41) is 3.12. The van der Waals surface area contributed by atoms with Gasteiger partial charge >= 0.3 is 0 Å². The number of hydrogen-bond acceptors (Lipinski definition) is 2. The van der Waals surface area contributed by atoms with Crippen molar-refractivity contribution in [2.24, 2.45) is 5.92 Å². The lowest BCUT2D eigenvalue weighted by atomic mass is 9.95. The molecule has 1 N–H and O–H groups in total. The third-order valence-corrected chi connectivity index (χ3v) is 4.16. The van der Waals surface area contributed by atoms with E-state index < -0.39 is 0 Å². The summed E-state index contributed by atoms with van der Waals surface area (Å²) in [6.07, 6.45) is 8.01. The highest BCUT2D eigenvalue weighted by molar-refractivity contribution is 5.78. The zero-order chi connectivity index (χ0) is 12.8. The number of piperidine rings is 1. The van der Waals surface area contributed by atoms with Crippen molar-refractivity contribution in [3.05, 3.63) is 0 Å². The number of rotatable bonds is 4. The fraction of sp³-hybridized carbons (Fsp3) is 0.929. The Morgan fingerprint density at radius 1 is 1.17 bits per heavy atom. The Kier molecular flexibility index (Phi) is 5.42. The largest absolute Gasteiger partial charge is 0.352 e. The van der Waals surface area contributed by atoms with Gasteiger partial charge in [-0.2, -0.15) is 0 Å². The zero-order valence-corrected chi connectivity index (χ0v) is 11.2. The maximum atomic E-state index is 12.6. The summed E-state index contributed by atoms with van der Waals surface area (Å²) in [6.45, 7) is 1.89. The van der Waals surface area contributed by atoms with E-state index in [4.69, 9.17) is 0 Å². The molecule has 1 heterocycles. The van der Waals surface area contributed by atoms with Crippen LogP contribution in [0, 0.1) is 5.92 Å². The highest BCUT2D eigenvalue weighted by Gasteiger charge is 2.22. The smallest absolute Gasteiger partial charge is 0.234 e. The van der Waals surface area contributed by atoms with Crippen molar-refractivity contribution in [3.63, 3.8) is 0 Å². The summed E-state index contributed by atoms with van der Waals surface area (Å²) >= 11 is 0. The highest BCUT2D eigenvalue weighted by Crippen LogP contribution is 2.18. The molecule has 3 nitrogen and oxygen atoms in total. The number of hydrogen-bond donors (Lipinski definition) is 1. The van der Waals surface area contributed by atoms with Crippen LogP contribution < -0.4 is 5.32 Å². The van der Waals surface area contributed by atoms with Gasteiger partial charge in [0.15, 0.2) is 0 Å². The lowest BCUT2D eigenvalue weighted by Gasteiger charge is -2.31. The lowest BCUT2D eigenvalue weighted by molar-refractivity contribution is -0.123. The predicted octanol–water partition coefficient (Wildman–Crippen LogP) is 2.12. The molecule has 0 aromatic heterocycles. The molecule has 0 aromatic carbocycles. The molecule has 2 rings (SSSR count). The molecular formula is C14H25FN2O. The normalized spacial score (nSPS) is 27.1. The van der Waals surface area contributed by atoms with E-state index in [1.807, 2.05) is 0 Å². The van der Waals surface area contributed by atoms with Crippen molar-refractivity contribution in [2.45, 2.75) is 51.0 Å². The van der Waals surface area contributed by atoms with Gasteiger partial charge in [0.1, 0.15) is 0 Å². The molecule has 2 aliphatic rings. The van der Waals surface area contributed by atoms with Crippen LogP contribution in [0.2, 0.25) is 0 Å². The van der Waals surface area contributed by atoms with E-state index in [0.717, 1.165) is 38.8 Å². The summed E-state index contributed by atoms with van der Waals surface area (Å²) in [5.74, 6) is 0.266. The standard InChI is InChI=1S/C14H25FN2O/c15-9-12-5-4-8-17(10-12)11-14(18)16-13-6-2-1-3-7-13/h12-13H,1-11H2,(H,16,18). The molecule has 18 heavy (non-hydrogen) atoms. The van der Waals surface area contributed by atoms with E-state index in [2.05, 4.69) is 10.2 Å². The molecule has 1 amide bonds. The average molecular weight is 256 g/mol. The number of amides is 1. The first-order valence-corrected chi connectivity index (χ1v) is 7.35. The minimum absolute atomic E-state index is 0.126. The Morgan fingerprint density at radius 2 is 1.94 bits per heavy atom. The number of likely N-dealkylation sites (tertiary alicyclic amines) is 1. The molecule has 1 aliphatic carbocycles. The third kappa shape index (κ3) is 4.23. The van der Waals surface area contributed by atoms with Crippen molar-refractivity contribution in [3.8, 4) is 0 Å². The number of nitrogens with one attached hydrogen (secondary N) is 1. The van der Waals surface area contributed by atoms with E-state index in [1.165, 1.54) is 19.3 Å². The average Bonchev–Trinajstić information content (AvgIpc) is 2.40. The summed E-state index contributed by atoms with van der Waals surface area (Å²) in [6, 6.07) is 0.382. The highest BCUT2D eigenvalue weighted by atomic mass is 19.1. The van der Waals surface area contributed by atoms with Gasteiger partial charge in [-0.05, 0) is 32.2 Å². The maximum Gasteiger partial charge on any atom is 0.234 e. The van der Waals surface area contributed by atoms with Gasteiger partial charge in [-0.1, -0.05) is 19.3 Å². The van der Waals surface area contributed by atoms with Crippen molar-refractivity contribution in [2.75, 3.05) is 26.3 Å². The third-order valence-electron chi connectivity index (χ3n) is 4.16. The van der Waals surface area contributed by atoms with Crippen LogP contribution in [0.25, 0.3) is 0 Å². The van der Waals surface area contributed by atoms with Gasteiger partial charge in [0.25, 0.3) is 0 Å². The molecular weight excluding hydrogens is 231 g/mol. The molecule has 1 saturated heterocycles. The van der Waals surface area contributed by atoms with Crippen molar-refractivity contribution in [1.29, 1.82) is 0 Å². The van der Waals surface area contributed by atoms with Crippen LogP contribution in [0.15, 0.2) is 0 Å². The van der Waals surface area contributed by atoms with E-state index in [1.54, 1.807) is 0 Å². The van der Waals surface area contributed by atoms with Gasteiger partial charge in [-0.3, -0.25) is 14.1 Å². The number of carbonyl (C=O) groups excluding carboxylic acids is 1. The van der Waals surface area contributed by atoms with E-state index in [0.29, 0.717) is 12.6 Å². The Bertz CT molecular complexity index is 267. The Hall–Kier alpha value is -0.640. The molecule has 104 valence electrons. The first-order chi connectivity index (χ1) is 8.78. The summed E-state index contributed by atoms with van der Waals surface area (Å²) in [7, 11) is 0. The van der Waals surface area contributed by atoms with Gasteiger partial charge in [0.2, 0.25) is 5.91 Å². The first kappa shape index (κ1) is 13.8. The molecule has 1 aliphatic heterocycles. The van der Waals surface area contributed by atoms with Crippen molar-refractivity contribution < 1.29 is 9.18 Å². The van der Waals surface area contributed by atoms with Crippen LogP contribution in [0.1, 0.15) is 44.9 Å². The second-order valence-corrected chi connectivity index (χ2v) is 5.80. The molecule has 1 atom stereocenters. The van der Waals surface area contributed by atoms with Crippen LogP contribution in [0.5, 0.6) is 0 Å². The SMILES string of the molecule is O=C(CN1CCCC(CF)C1)NC1CCCCC1. The van der Waals surface area contributed by atoms with Crippen LogP contribution in [-0.2, 0) is 4.79 Å². The fourth-order valence-corrected chi connectivity index (χ4v) is 3.14. The molecule has 1 saturated carbocycles. The fourth-order valence-electron chi connectivity index (χ4n) is 3.14. The zero-order valence-electron chi connectivity index (χ0n) is 11.2. The summed E-state index contributed by atoms with van der Waals surface area (Å²) in [4.78, 5) is 14.0. The predicted molar refractivity (Wildman–Crippen MR) is 70.2 cm³/mol. The molecule has 4 heteroatoms. The van der Waals surface area contributed by atoms with E-state index in [-0.39, 0.29) is 18.5 Å². The van der Waals surface area contributed by atoms with Gasteiger partial charge < -0.3 is 5.32 Å². The summed E-state index contributed by atoms with van der Waals surface area (Å²) in [5.41, 5.74) is 0. The molecule has 0 radical (unpaired) electrons. The lowest BCUT2D eigenvalue weighted by Crippen LogP contribution is -2.46. The van der Waals surface area contributed by atoms with Crippen molar-refractivity contribution >= 4 is 5.91 Å². The molecule has 0 bridgehead atoms. The monoisotopic (exact) mass is 256 g/mol. The Labute approximate surface area is 109 Å². The number of nitrogens with zero attached hydrogens (tertiary/aromatic N) is 1. The van der Waals surface area contributed by atoms with Crippen LogP contribution in [-0.4, -0.2) is 43.2 Å². The number of halogens is 1. The first-order valence-electron chi connectivity index (χ1n) is 7.35. The Balaban J connectivity index is 1.69. The summed E-state index contributed by atoms with van der Waals surface area (Å²) < 4.78 is 12.6. The van der Waals surface area contributed by atoms with Gasteiger partial charge in [-0.25, -0.2) is 0 Å². The Morgan fingerprint density at radius 3 is 2.67 bits per heavy atom. The second-order valence-electron chi connectivity index (χ2n) is 5.80. The van der Waals surface area contributed by atoms with Gasteiger partial charge in [-0.15, -0.1) is 0 Å². The van der Waals surface area contributed by atoms with Gasteiger partial charge in [0.05, 0.1) is 13.2 Å². The number of carbonyl (C=O) groups is 1.